The highest BCUT2D eigenvalue weighted by atomic mass is 16.4. The Bertz CT molecular complexity index is 340. The molecule has 1 heterocycles. The molecule has 0 spiro atoms. The van der Waals surface area contributed by atoms with Crippen LogP contribution in [0.4, 0.5) is 0 Å². The van der Waals surface area contributed by atoms with E-state index in [4.69, 9.17) is 0 Å². The maximum Gasteiger partial charge on any atom is 0.314 e. The second-order valence-corrected chi connectivity index (χ2v) is 4.37. The van der Waals surface area contributed by atoms with E-state index >= 15 is 0 Å². The van der Waals surface area contributed by atoms with Gasteiger partial charge < -0.3 is 10.1 Å². The summed E-state index contributed by atoms with van der Waals surface area (Å²) in [4.78, 5) is 14.1. The highest BCUT2D eigenvalue weighted by Gasteiger charge is 2.67. The number of hydrogen-bond acceptors (Lipinski definition) is 1. The molecule has 13 heavy (non-hydrogen) atoms. The second-order valence-electron chi connectivity index (χ2n) is 4.37. The average molecular weight is 179 g/mol. The largest absolute Gasteiger partial charge is 0.481 e. The predicted molar refractivity (Wildman–Crippen MR) is 48.5 cm³/mol. The van der Waals surface area contributed by atoms with Gasteiger partial charge >= 0.3 is 5.97 Å². The van der Waals surface area contributed by atoms with E-state index in [0.717, 1.165) is 12.0 Å². The molecule has 0 bridgehead atoms. The molecule has 2 rings (SSSR count). The maximum atomic E-state index is 11.2. The lowest BCUT2D eigenvalue weighted by molar-refractivity contribution is -0.141. The molecule has 1 fully saturated rings. The molecule has 1 unspecified atom stereocenters. The molecule has 1 atom stereocenters. The Morgan fingerprint density at radius 2 is 2.23 bits per heavy atom. The van der Waals surface area contributed by atoms with Crippen LogP contribution in [0.3, 0.4) is 0 Å². The van der Waals surface area contributed by atoms with E-state index in [0.29, 0.717) is 0 Å². The topological polar surface area (TPSA) is 53.1 Å². The molecule has 3 heteroatoms. The summed E-state index contributed by atoms with van der Waals surface area (Å²) >= 11 is 0. The number of carboxylic acids is 1. The van der Waals surface area contributed by atoms with Crippen molar-refractivity contribution in [2.45, 2.75) is 25.7 Å². The fourth-order valence-electron chi connectivity index (χ4n) is 2.19. The molecule has 2 N–H and O–H groups in total. The minimum absolute atomic E-state index is 0.110. The fraction of sp³-hybridized carbons (Fsp3) is 0.500. The van der Waals surface area contributed by atoms with E-state index in [1.165, 1.54) is 0 Å². The maximum absolute atomic E-state index is 11.2. The Kier molecular flexibility index (Phi) is 1.39. The summed E-state index contributed by atoms with van der Waals surface area (Å²) < 4.78 is 0. The fourth-order valence-corrected chi connectivity index (χ4v) is 2.19. The van der Waals surface area contributed by atoms with E-state index in [1.807, 2.05) is 19.9 Å². The number of aliphatic carboxylic acids is 1. The van der Waals surface area contributed by atoms with E-state index in [-0.39, 0.29) is 5.41 Å². The van der Waals surface area contributed by atoms with Crippen LogP contribution < -0.4 is 0 Å². The SMILES string of the molecule is CC1(C)CC1(C(=O)O)c1cc[nH]c1. The lowest BCUT2D eigenvalue weighted by Gasteiger charge is -2.13. The minimum Gasteiger partial charge on any atom is -0.481 e. The molecule has 0 saturated heterocycles. The average Bonchev–Trinajstić information content (AvgIpc) is 2.52. The normalized spacial score (nSPS) is 30.0. The third-order valence-electron chi connectivity index (χ3n) is 3.19. The second kappa shape index (κ2) is 2.16. The van der Waals surface area contributed by atoms with Crippen LogP contribution in [-0.2, 0) is 10.2 Å². The van der Waals surface area contributed by atoms with Gasteiger partial charge in [-0.2, -0.15) is 0 Å². The van der Waals surface area contributed by atoms with Gasteiger partial charge in [-0.05, 0) is 23.5 Å². The van der Waals surface area contributed by atoms with Crippen molar-refractivity contribution in [2.75, 3.05) is 0 Å². The summed E-state index contributed by atoms with van der Waals surface area (Å²) in [6, 6.07) is 1.85. The Hall–Kier alpha value is -1.25. The van der Waals surface area contributed by atoms with Crippen molar-refractivity contribution in [3.05, 3.63) is 24.0 Å². The molecule has 70 valence electrons. The van der Waals surface area contributed by atoms with Gasteiger partial charge in [0.05, 0.1) is 5.41 Å². The molecule has 1 aromatic rings. The number of H-pyrrole nitrogens is 1. The highest BCUT2D eigenvalue weighted by Crippen LogP contribution is 2.64. The molecule has 0 aromatic carbocycles. The Morgan fingerprint density at radius 3 is 2.54 bits per heavy atom. The van der Waals surface area contributed by atoms with Gasteiger partial charge in [0, 0.05) is 12.4 Å². The van der Waals surface area contributed by atoms with Gasteiger partial charge in [0.15, 0.2) is 0 Å². The summed E-state index contributed by atoms with van der Waals surface area (Å²) in [5.74, 6) is -0.711. The summed E-state index contributed by atoms with van der Waals surface area (Å²) in [7, 11) is 0. The van der Waals surface area contributed by atoms with Crippen LogP contribution >= 0.6 is 0 Å². The van der Waals surface area contributed by atoms with Crippen LogP contribution in [0, 0.1) is 5.41 Å². The van der Waals surface area contributed by atoms with Gasteiger partial charge in [0.25, 0.3) is 0 Å². The van der Waals surface area contributed by atoms with E-state index in [2.05, 4.69) is 4.98 Å². The highest BCUT2D eigenvalue weighted by molar-refractivity contribution is 5.87. The summed E-state index contributed by atoms with van der Waals surface area (Å²) in [5, 5.41) is 9.20. The third-order valence-corrected chi connectivity index (χ3v) is 3.19. The van der Waals surface area contributed by atoms with E-state index in [9.17, 15) is 9.90 Å². The minimum atomic E-state index is -0.711. The third kappa shape index (κ3) is 0.870. The summed E-state index contributed by atoms with van der Waals surface area (Å²) in [5.41, 5.74) is 0.138. The van der Waals surface area contributed by atoms with Crippen LogP contribution in [0.5, 0.6) is 0 Å². The van der Waals surface area contributed by atoms with Crippen LogP contribution in [0.2, 0.25) is 0 Å². The first-order chi connectivity index (χ1) is 6.01. The van der Waals surface area contributed by atoms with E-state index in [1.54, 1.807) is 12.4 Å². The Balaban J connectivity index is 2.45. The van der Waals surface area contributed by atoms with Crippen LogP contribution in [0.25, 0.3) is 0 Å². The monoisotopic (exact) mass is 179 g/mol. The Labute approximate surface area is 76.8 Å². The number of nitrogens with one attached hydrogen (secondary N) is 1. The Morgan fingerprint density at radius 1 is 1.62 bits per heavy atom. The number of hydrogen-bond donors (Lipinski definition) is 2. The lowest BCUT2D eigenvalue weighted by atomic mass is 9.90. The number of carbonyl (C=O) groups is 1. The van der Waals surface area contributed by atoms with Crippen LogP contribution in [-0.4, -0.2) is 16.1 Å². The first kappa shape index (κ1) is 8.35. The van der Waals surface area contributed by atoms with Crippen molar-refractivity contribution in [3.63, 3.8) is 0 Å². The zero-order valence-electron chi connectivity index (χ0n) is 7.79. The van der Waals surface area contributed by atoms with Crippen molar-refractivity contribution >= 4 is 5.97 Å². The number of aromatic nitrogens is 1. The summed E-state index contributed by atoms with van der Waals surface area (Å²) in [6.45, 7) is 3.99. The zero-order valence-corrected chi connectivity index (χ0v) is 7.79. The van der Waals surface area contributed by atoms with Gasteiger partial charge in [-0.1, -0.05) is 13.8 Å². The molecule has 3 nitrogen and oxygen atoms in total. The number of carboxylic acid groups (broad SMARTS) is 1. The molecule has 1 aliphatic rings. The van der Waals surface area contributed by atoms with Gasteiger partial charge in [-0.15, -0.1) is 0 Å². The molecular formula is C10H13NO2. The van der Waals surface area contributed by atoms with Crippen molar-refractivity contribution in [2.24, 2.45) is 5.41 Å². The quantitative estimate of drug-likeness (QED) is 0.726. The summed E-state index contributed by atoms with van der Waals surface area (Å²) in [6.07, 6.45) is 4.28. The molecule has 1 aliphatic carbocycles. The molecule has 0 aliphatic heterocycles. The van der Waals surface area contributed by atoms with Crippen molar-refractivity contribution in [1.82, 2.24) is 4.98 Å². The van der Waals surface area contributed by atoms with Crippen LogP contribution in [0.1, 0.15) is 25.8 Å². The molecule has 0 amide bonds. The zero-order chi connectivity index (χ0) is 9.69. The number of aromatic amines is 1. The van der Waals surface area contributed by atoms with Crippen LogP contribution in [0.15, 0.2) is 18.5 Å². The standard InChI is InChI=1S/C10H13NO2/c1-9(2)6-10(9,8(12)13)7-3-4-11-5-7/h3-5,11H,6H2,1-2H3,(H,12,13). The van der Waals surface area contributed by atoms with Crippen molar-refractivity contribution < 1.29 is 9.90 Å². The molecular weight excluding hydrogens is 166 g/mol. The van der Waals surface area contributed by atoms with Gasteiger partial charge in [0.2, 0.25) is 0 Å². The van der Waals surface area contributed by atoms with Gasteiger partial charge in [0.1, 0.15) is 0 Å². The first-order valence-electron chi connectivity index (χ1n) is 4.37. The number of rotatable bonds is 2. The molecule has 1 aromatic heterocycles. The van der Waals surface area contributed by atoms with Gasteiger partial charge in [-0.3, -0.25) is 4.79 Å². The predicted octanol–water partition coefficient (Wildman–Crippen LogP) is 1.77. The van der Waals surface area contributed by atoms with E-state index < -0.39 is 11.4 Å². The first-order valence-corrected chi connectivity index (χ1v) is 4.37. The van der Waals surface area contributed by atoms with Crippen molar-refractivity contribution in [3.8, 4) is 0 Å². The smallest absolute Gasteiger partial charge is 0.314 e. The lowest BCUT2D eigenvalue weighted by Crippen LogP contribution is -2.24. The van der Waals surface area contributed by atoms with Gasteiger partial charge in [-0.25, -0.2) is 0 Å². The molecule has 0 radical (unpaired) electrons. The molecule has 1 saturated carbocycles. The van der Waals surface area contributed by atoms with Crippen molar-refractivity contribution in [1.29, 1.82) is 0 Å².